The molecule has 2 amide bonds. The van der Waals surface area contributed by atoms with Crippen molar-refractivity contribution in [3.8, 4) is 0 Å². The van der Waals surface area contributed by atoms with E-state index in [2.05, 4.69) is 0 Å². The fourth-order valence-electron chi connectivity index (χ4n) is 3.48. The van der Waals surface area contributed by atoms with Crippen molar-refractivity contribution in [2.45, 2.75) is 38.0 Å². The number of carbonyl (C=O) groups excluding carboxylic acids is 2. The molecular formula is C18H24N2O4. The zero-order chi connectivity index (χ0) is 17.3. The monoisotopic (exact) mass is 332 g/mol. The van der Waals surface area contributed by atoms with Crippen molar-refractivity contribution in [2.75, 3.05) is 26.7 Å². The van der Waals surface area contributed by atoms with Crippen LogP contribution in [-0.4, -0.2) is 65.7 Å². The first-order valence-electron chi connectivity index (χ1n) is 8.38. The zero-order valence-corrected chi connectivity index (χ0v) is 14.1. The molecule has 0 aliphatic carbocycles. The number of morpholine rings is 1. The Kier molecular flexibility index (Phi) is 4.87. The van der Waals surface area contributed by atoms with Crippen LogP contribution in [0.25, 0.3) is 0 Å². The Morgan fingerprint density at radius 2 is 1.92 bits per heavy atom. The fraction of sp³-hybridized carbons (Fsp3) is 0.556. The highest BCUT2D eigenvalue weighted by atomic mass is 16.5. The minimum Gasteiger partial charge on any atom is -0.393 e. The third-order valence-corrected chi connectivity index (χ3v) is 5.01. The van der Waals surface area contributed by atoms with Crippen molar-refractivity contribution >= 4 is 11.8 Å². The second-order valence-corrected chi connectivity index (χ2v) is 6.59. The van der Waals surface area contributed by atoms with E-state index in [1.54, 1.807) is 16.8 Å². The number of likely N-dealkylation sites (tertiary alicyclic amines) is 1. The molecule has 1 aromatic carbocycles. The molecule has 130 valence electrons. The maximum absolute atomic E-state index is 13.0. The van der Waals surface area contributed by atoms with E-state index in [0.717, 1.165) is 11.1 Å². The van der Waals surface area contributed by atoms with Gasteiger partial charge in [0.25, 0.3) is 5.91 Å². The number of aryl methyl sites for hydroxylation is 1. The summed E-state index contributed by atoms with van der Waals surface area (Å²) in [6, 6.07) is 7.34. The summed E-state index contributed by atoms with van der Waals surface area (Å²) in [4.78, 5) is 28.5. The lowest BCUT2D eigenvalue weighted by Gasteiger charge is -2.41. The number of nitrogens with zero attached hydrogens (tertiary/aromatic N) is 2. The van der Waals surface area contributed by atoms with Gasteiger partial charge in [-0.25, -0.2) is 0 Å². The van der Waals surface area contributed by atoms with Crippen LogP contribution in [-0.2, 0) is 14.3 Å². The van der Waals surface area contributed by atoms with Crippen LogP contribution in [0.4, 0.5) is 0 Å². The lowest BCUT2D eigenvalue weighted by molar-refractivity contribution is -0.168. The number of ether oxygens (including phenoxy) is 1. The van der Waals surface area contributed by atoms with E-state index in [9.17, 15) is 14.7 Å². The normalized spacial score (nSPS) is 25.9. The number of aliphatic hydroxyl groups is 1. The van der Waals surface area contributed by atoms with Crippen LogP contribution in [0.15, 0.2) is 24.3 Å². The van der Waals surface area contributed by atoms with E-state index in [4.69, 9.17) is 4.74 Å². The van der Waals surface area contributed by atoms with Gasteiger partial charge in [0, 0.05) is 20.1 Å². The number of amides is 2. The molecule has 2 aliphatic heterocycles. The van der Waals surface area contributed by atoms with Crippen LogP contribution < -0.4 is 0 Å². The van der Waals surface area contributed by atoms with Crippen molar-refractivity contribution in [3.05, 3.63) is 35.4 Å². The molecule has 24 heavy (non-hydrogen) atoms. The van der Waals surface area contributed by atoms with Crippen molar-refractivity contribution in [1.29, 1.82) is 0 Å². The first-order valence-corrected chi connectivity index (χ1v) is 8.38. The second-order valence-electron chi connectivity index (χ2n) is 6.59. The van der Waals surface area contributed by atoms with Crippen LogP contribution in [0.2, 0.25) is 0 Å². The van der Waals surface area contributed by atoms with Crippen LogP contribution in [0.3, 0.4) is 0 Å². The lowest BCUT2D eigenvalue weighted by Crippen LogP contribution is -2.55. The summed E-state index contributed by atoms with van der Waals surface area (Å²) in [5, 5.41) is 9.64. The number of aliphatic hydroxyl groups excluding tert-OH is 1. The first-order chi connectivity index (χ1) is 11.5. The molecule has 0 bridgehead atoms. The summed E-state index contributed by atoms with van der Waals surface area (Å²) in [5.74, 6) is -0.226. The quantitative estimate of drug-likeness (QED) is 0.873. The summed E-state index contributed by atoms with van der Waals surface area (Å²) in [6.07, 6.45) is 0.131. The minimum atomic E-state index is -0.705. The Labute approximate surface area is 142 Å². The Balaban J connectivity index is 1.88. The molecule has 0 unspecified atom stereocenters. The molecule has 2 heterocycles. The summed E-state index contributed by atoms with van der Waals surface area (Å²) < 4.78 is 5.68. The summed E-state index contributed by atoms with van der Waals surface area (Å²) in [7, 11) is 1.72. The standard InChI is InChI=1S/C18H24N2O4/c1-12-5-3-4-6-14(12)16-17(24-11-15(22)19(16)2)18(23)20-9-7-13(21)8-10-20/h3-6,13,16-17,21H,7-11H2,1-2H3/t16-,17+/m1/s1. The first kappa shape index (κ1) is 16.9. The van der Waals surface area contributed by atoms with E-state index < -0.39 is 12.1 Å². The topological polar surface area (TPSA) is 70.1 Å². The van der Waals surface area contributed by atoms with Gasteiger partial charge in [0.05, 0.1) is 12.1 Å². The Morgan fingerprint density at radius 1 is 1.25 bits per heavy atom. The molecule has 0 aromatic heterocycles. The maximum Gasteiger partial charge on any atom is 0.254 e. The third kappa shape index (κ3) is 3.16. The molecule has 0 saturated carbocycles. The van der Waals surface area contributed by atoms with E-state index in [1.165, 1.54) is 0 Å². The van der Waals surface area contributed by atoms with Gasteiger partial charge in [-0.3, -0.25) is 9.59 Å². The fourth-order valence-corrected chi connectivity index (χ4v) is 3.48. The van der Waals surface area contributed by atoms with Gasteiger partial charge in [0.1, 0.15) is 6.61 Å². The Bertz CT molecular complexity index is 625. The predicted octanol–water partition coefficient (Wildman–Crippen LogP) is 0.877. The maximum atomic E-state index is 13.0. The molecule has 2 saturated heterocycles. The van der Waals surface area contributed by atoms with E-state index >= 15 is 0 Å². The van der Waals surface area contributed by atoms with E-state index in [1.807, 2.05) is 31.2 Å². The number of hydrogen-bond donors (Lipinski definition) is 1. The minimum absolute atomic E-state index is 0.0776. The lowest BCUT2D eigenvalue weighted by atomic mass is 9.93. The number of benzene rings is 1. The molecule has 0 spiro atoms. The van der Waals surface area contributed by atoms with Crippen LogP contribution in [0, 0.1) is 6.92 Å². The van der Waals surface area contributed by atoms with E-state index in [-0.39, 0.29) is 24.5 Å². The number of rotatable bonds is 2. The van der Waals surface area contributed by atoms with Gasteiger partial charge in [-0.15, -0.1) is 0 Å². The average Bonchev–Trinajstić information content (AvgIpc) is 2.58. The molecule has 3 rings (SSSR count). The average molecular weight is 332 g/mol. The summed E-state index contributed by atoms with van der Waals surface area (Å²) in [5.41, 5.74) is 1.96. The van der Waals surface area contributed by atoms with Crippen molar-refractivity contribution in [3.63, 3.8) is 0 Å². The molecule has 1 aromatic rings. The van der Waals surface area contributed by atoms with Crippen molar-refractivity contribution in [2.24, 2.45) is 0 Å². The number of piperidine rings is 1. The van der Waals surface area contributed by atoms with Gasteiger partial charge in [-0.1, -0.05) is 24.3 Å². The Hall–Kier alpha value is -1.92. The van der Waals surface area contributed by atoms with Crippen molar-refractivity contribution < 1.29 is 19.4 Å². The molecule has 2 atom stereocenters. The van der Waals surface area contributed by atoms with Crippen LogP contribution in [0.5, 0.6) is 0 Å². The Morgan fingerprint density at radius 3 is 2.58 bits per heavy atom. The summed E-state index contributed by atoms with van der Waals surface area (Å²) in [6.45, 7) is 2.95. The molecule has 2 aliphatic rings. The molecule has 6 heteroatoms. The van der Waals surface area contributed by atoms with Gasteiger partial charge in [-0.2, -0.15) is 0 Å². The largest absolute Gasteiger partial charge is 0.393 e. The van der Waals surface area contributed by atoms with Gasteiger partial charge >= 0.3 is 0 Å². The predicted molar refractivity (Wildman–Crippen MR) is 88.3 cm³/mol. The molecule has 1 N–H and O–H groups in total. The van der Waals surface area contributed by atoms with Crippen LogP contribution in [0.1, 0.15) is 30.0 Å². The molecular weight excluding hydrogens is 308 g/mol. The third-order valence-electron chi connectivity index (χ3n) is 5.01. The van der Waals surface area contributed by atoms with Gasteiger partial charge in [0.2, 0.25) is 5.91 Å². The highest BCUT2D eigenvalue weighted by molar-refractivity contribution is 5.86. The molecule has 6 nitrogen and oxygen atoms in total. The molecule has 2 fully saturated rings. The number of carbonyl (C=O) groups is 2. The second kappa shape index (κ2) is 6.91. The van der Waals surface area contributed by atoms with Crippen molar-refractivity contribution in [1.82, 2.24) is 9.80 Å². The molecule has 0 radical (unpaired) electrons. The zero-order valence-electron chi connectivity index (χ0n) is 14.1. The number of hydrogen-bond acceptors (Lipinski definition) is 4. The SMILES string of the molecule is Cc1ccccc1[C@@H]1[C@@H](C(=O)N2CCC(O)CC2)OCC(=O)N1C. The highest BCUT2D eigenvalue weighted by Crippen LogP contribution is 2.32. The van der Waals surface area contributed by atoms with Crippen LogP contribution >= 0.6 is 0 Å². The van der Waals surface area contributed by atoms with Gasteiger partial charge < -0.3 is 19.6 Å². The van der Waals surface area contributed by atoms with Gasteiger partial charge in [-0.05, 0) is 30.9 Å². The van der Waals surface area contributed by atoms with Gasteiger partial charge in [0.15, 0.2) is 6.10 Å². The summed E-state index contributed by atoms with van der Waals surface area (Å²) >= 11 is 0. The highest BCUT2D eigenvalue weighted by Gasteiger charge is 2.42. The number of likely N-dealkylation sites (N-methyl/N-ethyl adjacent to an activating group) is 1. The van der Waals surface area contributed by atoms with E-state index in [0.29, 0.717) is 25.9 Å². The smallest absolute Gasteiger partial charge is 0.254 e.